The summed E-state index contributed by atoms with van der Waals surface area (Å²) in [4.78, 5) is 19.3. The Kier molecular flexibility index (Phi) is 5.91. The van der Waals surface area contributed by atoms with Crippen LogP contribution in [0.2, 0.25) is 0 Å². The Bertz CT molecular complexity index is 892. The van der Waals surface area contributed by atoms with E-state index in [-0.39, 0.29) is 5.97 Å². The molecule has 3 rings (SSSR count). The van der Waals surface area contributed by atoms with E-state index in [0.29, 0.717) is 24.3 Å². The summed E-state index contributed by atoms with van der Waals surface area (Å²) in [7, 11) is 0. The number of imidazole rings is 1. The lowest BCUT2D eigenvalue weighted by atomic mass is 10.2. The summed E-state index contributed by atoms with van der Waals surface area (Å²) >= 11 is 0. The highest BCUT2D eigenvalue weighted by molar-refractivity contribution is 5.89. The van der Waals surface area contributed by atoms with Gasteiger partial charge in [0.25, 0.3) is 0 Å². The number of carbonyl (C=O) groups is 1. The van der Waals surface area contributed by atoms with Gasteiger partial charge >= 0.3 is 5.97 Å². The molecule has 2 aromatic heterocycles. The molecule has 27 heavy (non-hydrogen) atoms. The number of ether oxygens (including phenoxy) is 1. The van der Waals surface area contributed by atoms with E-state index in [1.54, 1.807) is 12.3 Å². The van der Waals surface area contributed by atoms with Crippen LogP contribution < -0.4 is 0 Å². The summed E-state index contributed by atoms with van der Waals surface area (Å²) in [6, 6.07) is 14.4. The van der Waals surface area contributed by atoms with E-state index in [1.807, 2.05) is 47.0 Å². The standard InChI is InChI=1S/C22H27N3O2/c1-16(2)25(17(3)4)12-13-27-22(26)19-10-11-21-23-20(15-24(21)14-19)18-8-6-5-7-9-18/h5-11,14-17H,12-13H2,1-4H3. The molecule has 0 radical (unpaired) electrons. The van der Waals surface area contributed by atoms with Crippen molar-refractivity contribution in [2.24, 2.45) is 0 Å². The molecule has 0 atom stereocenters. The first-order valence-electron chi connectivity index (χ1n) is 9.42. The van der Waals surface area contributed by atoms with Gasteiger partial charge in [0.05, 0.1) is 11.3 Å². The number of benzene rings is 1. The summed E-state index contributed by atoms with van der Waals surface area (Å²) in [6.07, 6.45) is 3.71. The van der Waals surface area contributed by atoms with E-state index in [0.717, 1.165) is 23.4 Å². The van der Waals surface area contributed by atoms with Gasteiger partial charge in [-0.25, -0.2) is 9.78 Å². The van der Waals surface area contributed by atoms with Crippen molar-refractivity contribution in [3.8, 4) is 11.3 Å². The maximum Gasteiger partial charge on any atom is 0.339 e. The molecule has 5 heteroatoms. The van der Waals surface area contributed by atoms with Crippen molar-refractivity contribution < 1.29 is 9.53 Å². The van der Waals surface area contributed by atoms with Crippen molar-refractivity contribution >= 4 is 11.6 Å². The largest absolute Gasteiger partial charge is 0.461 e. The highest BCUT2D eigenvalue weighted by Gasteiger charge is 2.15. The summed E-state index contributed by atoms with van der Waals surface area (Å²) < 4.78 is 7.35. The van der Waals surface area contributed by atoms with Gasteiger partial charge in [-0.05, 0) is 39.8 Å². The molecule has 0 saturated heterocycles. The number of rotatable bonds is 7. The normalized spacial score (nSPS) is 11.7. The van der Waals surface area contributed by atoms with E-state index >= 15 is 0 Å². The average Bonchev–Trinajstić information content (AvgIpc) is 3.08. The smallest absolute Gasteiger partial charge is 0.339 e. The third-order valence-electron chi connectivity index (χ3n) is 4.67. The molecule has 0 aliphatic rings. The first-order valence-corrected chi connectivity index (χ1v) is 9.42. The number of hydrogen-bond acceptors (Lipinski definition) is 4. The summed E-state index contributed by atoms with van der Waals surface area (Å²) in [6.45, 7) is 9.72. The predicted molar refractivity (Wildman–Crippen MR) is 108 cm³/mol. The fraction of sp³-hybridized carbons (Fsp3) is 0.364. The highest BCUT2D eigenvalue weighted by atomic mass is 16.5. The van der Waals surface area contributed by atoms with Gasteiger partial charge in [-0.2, -0.15) is 0 Å². The zero-order chi connectivity index (χ0) is 19.4. The quantitative estimate of drug-likeness (QED) is 0.587. The highest BCUT2D eigenvalue weighted by Crippen LogP contribution is 2.19. The molecule has 0 unspecified atom stereocenters. The van der Waals surface area contributed by atoms with Gasteiger partial charge in [0, 0.05) is 36.6 Å². The van der Waals surface area contributed by atoms with Crippen LogP contribution in [-0.4, -0.2) is 45.5 Å². The van der Waals surface area contributed by atoms with Gasteiger partial charge in [-0.3, -0.25) is 4.90 Å². The lowest BCUT2D eigenvalue weighted by Gasteiger charge is -2.30. The van der Waals surface area contributed by atoms with Crippen molar-refractivity contribution in [2.75, 3.05) is 13.2 Å². The second-order valence-electron chi connectivity index (χ2n) is 7.24. The molecule has 0 bridgehead atoms. The molecule has 0 aliphatic heterocycles. The number of nitrogens with zero attached hydrogens (tertiary/aromatic N) is 3. The average molecular weight is 365 g/mol. The number of esters is 1. The number of aromatic nitrogens is 2. The molecule has 2 heterocycles. The second kappa shape index (κ2) is 8.35. The molecule has 5 nitrogen and oxygen atoms in total. The molecular weight excluding hydrogens is 338 g/mol. The lowest BCUT2D eigenvalue weighted by Crippen LogP contribution is -2.39. The maximum atomic E-state index is 12.4. The van der Waals surface area contributed by atoms with Crippen LogP contribution in [0.1, 0.15) is 38.1 Å². The predicted octanol–water partition coefficient (Wildman–Crippen LogP) is 4.28. The molecule has 0 N–H and O–H groups in total. The number of carbonyl (C=O) groups excluding carboxylic acids is 1. The minimum atomic E-state index is -0.306. The molecular formula is C22H27N3O2. The van der Waals surface area contributed by atoms with Gasteiger partial charge in [0.2, 0.25) is 0 Å². The lowest BCUT2D eigenvalue weighted by molar-refractivity contribution is 0.0416. The number of fused-ring (bicyclic) bond motifs is 1. The van der Waals surface area contributed by atoms with E-state index in [9.17, 15) is 4.79 Å². The van der Waals surface area contributed by atoms with Crippen molar-refractivity contribution in [3.05, 3.63) is 60.4 Å². The van der Waals surface area contributed by atoms with Crippen LogP contribution >= 0.6 is 0 Å². The SMILES string of the molecule is CC(C)N(CCOC(=O)c1ccc2nc(-c3ccccc3)cn2c1)C(C)C. The zero-order valence-corrected chi connectivity index (χ0v) is 16.4. The molecule has 0 saturated carbocycles. The first kappa shape index (κ1) is 19.1. The summed E-state index contributed by atoms with van der Waals surface area (Å²) in [5.41, 5.74) is 3.26. The Morgan fingerprint density at radius 3 is 2.41 bits per heavy atom. The van der Waals surface area contributed by atoms with Crippen molar-refractivity contribution in [3.63, 3.8) is 0 Å². The number of hydrogen-bond donors (Lipinski definition) is 0. The first-order chi connectivity index (χ1) is 13.0. The third kappa shape index (κ3) is 4.55. The Hall–Kier alpha value is -2.66. The van der Waals surface area contributed by atoms with E-state index in [1.165, 1.54) is 0 Å². The van der Waals surface area contributed by atoms with Crippen LogP contribution in [0, 0.1) is 0 Å². The molecule has 0 aliphatic carbocycles. The second-order valence-corrected chi connectivity index (χ2v) is 7.24. The number of pyridine rings is 1. The Morgan fingerprint density at radius 2 is 1.74 bits per heavy atom. The minimum absolute atomic E-state index is 0.306. The van der Waals surface area contributed by atoms with Gasteiger partial charge < -0.3 is 9.14 Å². The summed E-state index contributed by atoms with van der Waals surface area (Å²) in [5, 5.41) is 0. The van der Waals surface area contributed by atoms with Crippen LogP contribution in [-0.2, 0) is 4.74 Å². The molecule has 1 aromatic carbocycles. The van der Waals surface area contributed by atoms with Gasteiger partial charge in [0.15, 0.2) is 0 Å². The molecule has 0 spiro atoms. The molecule has 3 aromatic rings. The zero-order valence-electron chi connectivity index (χ0n) is 16.4. The fourth-order valence-electron chi connectivity index (χ4n) is 3.30. The van der Waals surface area contributed by atoms with Crippen LogP contribution in [0.4, 0.5) is 0 Å². The van der Waals surface area contributed by atoms with Crippen molar-refractivity contribution in [2.45, 2.75) is 39.8 Å². The van der Waals surface area contributed by atoms with Crippen LogP contribution in [0.5, 0.6) is 0 Å². The van der Waals surface area contributed by atoms with E-state index in [4.69, 9.17) is 4.74 Å². The topological polar surface area (TPSA) is 46.8 Å². The van der Waals surface area contributed by atoms with E-state index < -0.39 is 0 Å². The Morgan fingerprint density at radius 1 is 1.04 bits per heavy atom. The van der Waals surface area contributed by atoms with E-state index in [2.05, 4.69) is 37.6 Å². The third-order valence-corrected chi connectivity index (χ3v) is 4.67. The molecule has 142 valence electrons. The van der Waals surface area contributed by atoms with Crippen LogP contribution in [0.15, 0.2) is 54.9 Å². The van der Waals surface area contributed by atoms with Gasteiger partial charge in [-0.15, -0.1) is 0 Å². The fourth-order valence-corrected chi connectivity index (χ4v) is 3.30. The van der Waals surface area contributed by atoms with Gasteiger partial charge in [0.1, 0.15) is 12.3 Å². The Labute approximate surface area is 160 Å². The molecule has 0 amide bonds. The minimum Gasteiger partial charge on any atom is -0.461 e. The maximum absolute atomic E-state index is 12.4. The molecule has 0 fully saturated rings. The van der Waals surface area contributed by atoms with Crippen LogP contribution in [0.25, 0.3) is 16.9 Å². The van der Waals surface area contributed by atoms with Crippen LogP contribution in [0.3, 0.4) is 0 Å². The Balaban J connectivity index is 1.68. The van der Waals surface area contributed by atoms with Crippen molar-refractivity contribution in [1.82, 2.24) is 14.3 Å². The summed E-state index contributed by atoms with van der Waals surface area (Å²) in [5.74, 6) is -0.306. The van der Waals surface area contributed by atoms with Crippen molar-refractivity contribution in [1.29, 1.82) is 0 Å². The van der Waals surface area contributed by atoms with Gasteiger partial charge in [-0.1, -0.05) is 30.3 Å². The monoisotopic (exact) mass is 365 g/mol.